The summed E-state index contributed by atoms with van der Waals surface area (Å²) in [5.41, 5.74) is 4.81. The van der Waals surface area contributed by atoms with Gasteiger partial charge in [-0.25, -0.2) is 9.37 Å². The third-order valence-corrected chi connectivity index (χ3v) is 14.8. The van der Waals surface area contributed by atoms with E-state index in [1.807, 2.05) is 92.7 Å². The Bertz CT molecular complexity index is 2790. The van der Waals surface area contributed by atoms with Crippen molar-refractivity contribution in [2.24, 2.45) is 5.41 Å². The van der Waals surface area contributed by atoms with Gasteiger partial charge in [-0.2, -0.15) is 0 Å². The Morgan fingerprint density at radius 3 is 2.26 bits per heavy atom. The number of aryl methyl sites for hydroxylation is 1. The van der Waals surface area contributed by atoms with E-state index >= 15 is 0 Å². The average molecular weight is 991 g/mol. The molecular formula is C53H59FN6O8S2. The van der Waals surface area contributed by atoms with Gasteiger partial charge in [0.2, 0.25) is 23.6 Å². The first kappa shape index (κ1) is 50.0. The predicted molar refractivity (Wildman–Crippen MR) is 269 cm³/mol. The van der Waals surface area contributed by atoms with Gasteiger partial charge in [0.25, 0.3) is 0 Å². The van der Waals surface area contributed by atoms with E-state index in [-0.39, 0.29) is 61.6 Å². The number of amides is 4. The molecule has 17 heteroatoms. The average Bonchev–Trinajstić information content (AvgIpc) is 4.06. The van der Waals surface area contributed by atoms with Crippen molar-refractivity contribution in [3.8, 4) is 43.9 Å². The third kappa shape index (κ3) is 12.3. The van der Waals surface area contributed by atoms with Gasteiger partial charge in [0.1, 0.15) is 41.8 Å². The van der Waals surface area contributed by atoms with Crippen LogP contribution < -0.4 is 20.1 Å². The highest BCUT2D eigenvalue weighted by Gasteiger charge is 2.44. The normalized spacial score (nSPS) is 16.8. The first-order valence-electron chi connectivity index (χ1n) is 23.6. The van der Waals surface area contributed by atoms with Crippen LogP contribution in [0.15, 0.2) is 96.5 Å². The molecule has 4 aromatic carbocycles. The Labute approximate surface area is 415 Å². The number of phenols is 1. The van der Waals surface area contributed by atoms with Crippen molar-refractivity contribution in [1.82, 2.24) is 30.3 Å². The Morgan fingerprint density at radius 1 is 0.886 bits per heavy atom. The van der Waals surface area contributed by atoms with Crippen LogP contribution >= 0.6 is 22.7 Å². The molecule has 0 radical (unpaired) electrons. The molecule has 368 valence electrons. The van der Waals surface area contributed by atoms with Gasteiger partial charge in [0, 0.05) is 75.2 Å². The highest BCUT2D eigenvalue weighted by atomic mass is 32.1. The van der Waals surface area contributed by atoms with Gasteiger partial charge in [0.05, 0.1) is 27.1 Å². The van der Waals surface area contributed by atoms with Crippen molar-refractivity contribution in [1.29, 1.82) is 0 Å². The number of fused-ring (bicyclic) bond motifs is 1. The zero-order valence-corrected chi connectivity index (χ0v) is 41.4. The Morgan fingerprint density at radius 2 is 1.57 bits per heavy atom. The van der Waals surface area contributed by atoms with Gasteiger partial charge < -0.3 is 40.1 Å². The molecule has 2 aliphatic heterocycles. The summed E-state index contributed by atoms with van der Waals surface area (Å²) in [5, 5.41) is 27.3. The number of hydrogen-bond acceptors (Lipinski definition) is 12. The van der Waals surface area contributed by atoms with Crippen molar-refractivity contribution in [2.75, 3.05) is 45.9 Å². The molecule has 0 spiro atoms. The fourth-order valence-electron chi connectivity index (χ4n) is 8.76. The van der Waals surface area contributed by atoms with Crippen LogP contribution in [0.5, 0.6) is 23.0 Å². The van der Waals surface area contributed by atoms with Gasteiger partial charge in [-0.3, -0.25) is 24.1 Å². The predicted octanol–water partition coefficient (Wildman–Crippen LogP) is 8.14. The number of benzene rings is 4. The number of halogens is 1. The number of hydrogen-bond donors (Lipinski definition) is 4. The quantitative estimate of drug-likeness (QED) is 0.0699. The maximum absolute atomic E-state index is 14.1. The fourth-order valence-corrected chi connectivity index (χ4v) is 10.7. The molecule has 1 unspecified atom stereocenters. The molecular weight excluding hydrogens is 932 g/mol. The molecule has 2 saturated heterocycles. The number of nitrogens with one attached hydrogen (secondary N) is 2. The molecule has 3 atom stereocenters. The van der Waals surface area contributed by atoms with E-state index in [1.165, 1.54) is 28.4 Å². The largest absolute Gasteiger partial charge is 0.508 e. The van der Waals surface area contributed by atoms with Crippen molar-refractivity contribution >= 4 is 56.4 Å². The monoisotopic (exact) mass is 990 g/mol. The molecule has 0 saturated carbocycles. The minimum absolute atomic E-state index is 0.0203. The van der Waals surface area contributed by atoms with E-state index in [2.05, 4.69) is 20.5 Å². The van der Waals surface area contributed by atoms with E-state index < -0.39 is 29.5 Å². The number of phenolic OH excluding ortho intramolecular Hbond substituents is 1. The van der Waals surface area contributed by atoms with Gasteiger partial charge in [0.15, 0.2) is 5.75 Å². The Kier molecular flexibility index (Phi) is 15.8. The lowest BCUT2D eigenvalue weighted by Crippen LogP contribution is -2.57. The maximum Gasteiger partial charge on any atom is 0.246 e. The van der Waals surface area contributed by atoms with E-state index in [0.717, 1.165) is 42.2 Å². The number of aliphatic hydroxyl groups is 1. The summed E-state index contributed by atoms with van der Waals surface area (Å²) in [4.78, 5) is 65.7. The summed E-state index contributed by atoms with van der Waals surface area (Å²) < 4.78 is 27.0. The highest BCUT2D eigenvalue weighted by Crippen LogP contribution is 2.47. The summed E-state index contributed by atoms with van der Waals surface area (Å²) in [5.74, 6) is 0.528. The van der Waals surface area contributed by atoms with Crippen molar-refractivity contribution in [2.45, 2.75) is 78.1 Å². The van der Waals surface area contributed by atoms with Gasteiger partial charge in [-0.15, -0.1) is 22.7 Å². The molecule has 6 aromatic rings. The van der Waals surface area contributed by atoms with E-state index in [9.17, 15) is 33.8 Å². The second-order valence-electron chi connectivity index (χ2n) is 18.9. The van der Waals surface area contributed by atoms with Crippen LogP contribution in [0.25, 0.3) is 31.0 Å². The zero-order chi connectivity index (χ0) is 49.5. The molecule has 0 bridgehead atoms. The zero-order valence-electron chi connectivity index (χ0n) is 39.8. The van der Waals surface area contributed by atoms with Gasteiger partial charge >= 0.3 is 0 Å². The van der Waals surface area contributed by atoms with Crippen LogP contribution in [0, 0.1) is 18.2 Å². The van der Waals surface area contributed by atoms with E-state index in [4.69, 9.17) is 9.47 Å². The molecule has 4 heterocycles. The molecule has 70 heavy (non-hydrogen) atoms. The summed E-state index contributed by atoms with van der Waals surface area (Å²) >= 11 is 3.03. The SMILES string of the molecule is Cc1ncsc1-c1ccc(CNC(=O)[C@@H]2C[C@@H](O)CN2C(=O)C(NC(=O)CCCC(=O)N2CCN(CCOc3ccc(Oc4c(-c5ccc(F)cc5)sc5cc(O)ccc45)cc3)CC2)C(C)(C)C)cc1. The maximum atomic E-state index is 14.1. The minimum Gasteiger partial charge on any atom is -0.508 e. The number of piperazine rings is 1. The molecule has 4 amide bonds. The van der Waals surface area contributed by atoms with E-state index in [0.29, 0.717) is 63.0 Å². The number of nitrogens with zero attached hydrogens (tertiary/aromatic N) is 4. The second kappa shape index (κ2) is 22.1. The van der Waals surface area contributed by atoms with Crippen LogP contribution in [0.4, 0.5) is 4.39 Å². The first-order chi connectivity index (χ1) is 33.6. The number of aliphatic hydroxyl groups excluding tert-OH is 1. The van der Waals surface area contributed by atoms with Crippen molar-refractivity contribution in [3.63, 3.8) is 0 Å². The number of β-amino-alcohol motifs (C(OH)–C–C–N with tert-alkyl or cyclic N) is 1. The fraction of sp³-hybridized carbons (Fsp3) is 0.377. The number of rotatable bonds is 17. The third-order valence-electron chi connectivity index (χ3n) is 12.7. The molecule has 8 rings (SSSR count). The second-order valence-corrected chi connectivity index (χ2v) is 20.8. The number of aromatic nitrogens is 1. The Balaban J connectivity index is 0.748. The highest BCUT2D eigenvalue weighted by molar-refractivity contribution is 7.22. The number of likely N-dealkylation sites (tertiary alicyclic amines) is 1. The van der Waals surface area contributed by atoms with E-state index in [1.54, 1.807) is 35.6 Å². The number of aromatic hydroxyl groups is 1. The summed E-state index contributed by atoms with van der Waals surface area (Å²) in [6.45, 7) is 11.3. The molecule has 2 aliphatic rings. The molecule has 0 aliphatic carbocycles. The minimum atomic E-state index is -0.955. The summed E-state index contributed by atoms with van der Waals surface area (Å²) in [6, 6.07) is 24.7. The van der Waals surface area contributed by atoms with Crippen LogP contribution in [-0.4, -0.2) is 118 Å². The summed E-state index contributed by atoms with van der Waals surface area (Å²) in [6.07, 6.45) is -0.227. The van der Waals surface area contributed by atoms with Crippen LogP contribution in [0.1, 0.15) is 57.7 Å². The molecule has 14 nitrogen and oxygen atoms in total. The Hall–Kier alpha value is -6.40. The lowest BCUT2D eigenvalue weighted by atomic mass is 9.85. The molecule has 2 aromatic heterocycles. The topological polar surface area (TPSA) is 174 Å². The molecule has 2 fully saturated rings. The van der Waals surface area contributed by atoms with Gasteiger partial charge in [-0.1, -0.05) is 57.2 Å². The van der Waals surface area contributed by atoms with Crippen LogP contribution in [0.2, 0.25) is 0 Å². The van der Waals surface area contributed by atoms with Crippen LogP contribution in [0.3, 0.4) is 0 Å². The van der Waals surface area contributed by atoms with Crippen molar-refractivity contribution < 1.29 is 43.3 Å². The van der Waals surface area contributed by atoms with Crippen molar-refractivity contribution in [3.05, 3.63) is 114 Å². The summed E-state index contributed by atoms with van der Waals surface area (Å²) in [7, 11) is 0. The number of thiazole rings is 1. The lowest BCUT2D eigenvalue weighted by Gasteiger charge is -2.35. The van der Waals surface area contributed by atoms with Gasteiger partial charge in [-0.05, 0) is 90.0 Å². The smallest absolute Gasteiger partial charge is 0.246 e. The van der Waals surface area contributed by atoms with Crippen LogP contribution in [-0.2, 0) is 25.7 Å². The molecule has 4 N–H and O–H groups in total. The number of carbonyl (C=O) groups is 4. The number of carbonyl (C=O) groups excluding carboxylic acids is 4. The number of thiophene rings is 1. The standard InChI is InChI=1S/C53H59FN6O8S2/c1-33-48(69-32-56-33)35-10-8-34(9-11-35)30-55-51(65)43-28-39(62)31-60(43)52(66)50(53(2,3)4)57-45(63)6-5-7-46(64)59-24-22-58(23-25-59)26-27-67-40-17-19-41(20-18-40)68-47-42-21-16-38(61)29-44(42)70-49(47)36-12-14-37(54)15-13-36/h8-21,29,32,39,43,50,61-62H,5-7,22-28,30-31H2,1-4H3,(H,55,65)(H,57,63)/t39-,43+,50?/m1/s1. The number of ether oxygens (including phenoxy) is 2. The first-order valence-corrected chi connectivity index (χ1v) is 25.3. The lowest BCUT2D eigenvalue weighted by molar-refractivity contribution is -0.144.